The summed E-state index contributed by atoms with van der Waals surface area (Å²) in [6, 6.07) is 6.23. The molecule has 22 heavy (non-hydrogen) atoms. The van der Waals surface area contributed by atoms with Gasteiger partial charge in [-0.15, -0.1) is 11.6 Å². The molecule has 0 unspecified atom stereocenters. The minimum absolute atomic E-state index is 0.169. The maximum Gasteiger partial charge on any atom is 0.338 e. The van der Waals surface area contributed by atoms with E-state index in [0.717, 1.165) is 12.8 Å². The Morgan fingerprint density at radius 1 is 0.864 bits per heavy atom. The lowest BCUT2D eigenvalue weighted by Gasteiger charge is -2.06. The van der Waals surface area contributed by atoms with Crippen molar-refractivity contribution in [1.82, 2.24) is 0 Å². The van der Waals surface area contributed by atoms with Gasteiger partial charge in [0.15, 0.2) is 0 Å². The predicted octanol–water partition coefficient (Wildman–Crippen LogP) is 4.21. The SMILES string of the molecule is CCCCCCCOC(=O)c1ccc(C(=O)OCCCl)cc1. The summed E-state index contributed by atoms with van der Waals surface area (Å²) in [5.74, 6) is -0.554. The van der Waals surface area contributed by atoms with Crippen LogP contribution in [0, 0.1) is 0 Å². The van der Waals surface area contributed by atoms with Crippen LogP contribution in [0.1, 0.15) is 59.7 Å². The van der Waals surface area contributed by atoms with Crippen LogP contribution in [0.25, 0.3) is 0 Å². The fraction of sp³-hybridized carbons (Fsp3) is 0.529. The average molecular weight is 327 g/mol. The molecule has 0 aliphatic carbocycles. The first kappa shape index (κ1) is 18.5. The maximum absolute atomic E-state index is 11.8. The summed E-state index contributed by atoms with van der Waals surface area (Å²) in [6.07, 6.45) is 5.54. The first-order chi connectivity index (χ1) is 10.7. The quantitative estimate of drug-likeness (QED) is 0.367. The van der Waals surface area contributed by atoms with Crippen LogP contribution in [-0.4, -0.2) is 31.0 Å². The van der Waals surface area contributed by atoms with E-state index in [4.69, 9.17) is 21.1 Å². The predicted molar refractivity (Wildman–Crippen MR) is 86.5 cm³/mol. The molecule has 0 fully saturated rings. The summed E-state index contributed by atoms with van der Waals surface area (Å²) in [7, 11) is 0. The number of carbonyl (C=O) groups is 2. The maximum atomic E-state index is 11.8. The number of ether oxygens (including phenoxy) is 2. The number of halogens is 1. The fourth-order valence-electron chi connectivity index (χ4n) is 1.91. The number of alkyl halides is 1. The fourth-order valence-corrected chi connectivity index (χ4v) is 1.99. The lowest BCUT2D eigenvalue weighted by Crippen LogP contribution is -2.09. The molecule has 0 N–H and O–H groups in total. The highest BCUT2D eigenvalue weighted by atomic mass is 35.5. The first-order valence-corrected chi connectivity index (χ1v) is 8.22. The molecule has 0 heterocycles. The second-order valence-corrected chi connectivity index (χ2v) is 5.33. The Morgan fingerprint density at radius 3 is 1.86 bits per heavy atom. The van der Waals surface area contributed by atoms with E-state index in [0.29, 0.717) is 17.7 Å². The lowest BCUT2D eigenvalue weighted by atomic mass is 10.1. The van der Waals surface area contributed by atoms with E-state index in [1.807, 2.05) is 0 Å². The van der Waals surface area contributed by atoms with E-state index in [1.54, 1.807) is 24.3 Å². The van der Waals surface area contributed by atoms with E-state index < -0.39 is 5.97 Å². The Kier molecular flexibility index (Phi) is 9.31. The van der Waals surface area contributed by atoms with Crippen molar-refractivity contribution in [2.45, 2.75) is 39.0 Å². The molecular formula is C17H23ClO4. The van der Waals surface area contributed by atoms with Crippen molar-refractivity contribution in [3.63, 3.8) is 0 Å². The van der Waals surface area contributed by atoms with E-state index in [1.165, 1.54) is 19.3 Å². The molecule has 0 bridgehead atoms. The monoisotopic (exact) mass is 326 g/mol. The van der Waals surface area contributed by atoms with Gasteiger partial charge >= 0.3 is 11.9 Å². The van der Waals surface area contributed by atoms with Gasteiger partial charge in [0.25, 0.3) is 0 Å². The zero-order valence-corrected chi connectivity index (χ0v) is 13.7. The second-order valence-electron chi connectivity index (χ2n) is 4.95. The molecule has 0 aliphatic rings. The van der Waals surface area contributed by atoms with Crippen molar-refractivity contribution in [3.8, 4) is 0 Å². The van der Waals surface area contributed by atoms with E-state index in [9.17, 15) is 9.59 Å². The standard InChI is InChI=1S/C17H23ClO4/c1-2-3-4-5-6-12-21-16(19)14-7-9-15(10-8-14)17(20)22-13-11-18/h7-10H,2-6,11-13H2,1H3. The van der Waals surface area contributed by atoms with Gasteiger partial charge in [0.05, 0.1) is 23.6 Å². The molecule has 0 saturated heterocycles. The molecule has 1 aromatic carbocycles. The van der Waals surface area contributed by atoms with Crippen LogP contribution in [0.4, 0.5) is 0 Å². The van der Waals surface area contributed by atoms with Crippen molar-refractivity contribution in [2.75, 3.05) is 19.1 Å². The zero-order valence-electron chi connectivity index (χ0n) is 13.0. The van der Waals surface area contributed by atoms with Crippen molar-refractivity contribution in [3.05, 3.63) is 35.4 Å². The third-order valence-electron chi connectivity index (χ3n) is 3.15. The van der Waals surface area contributed by atoms with Gasteiger partial charge in [0.2, 0.25) is 0 Å². The topological polar surface area (TPSA) is 52.6 Å². The number of carbonyl (C=O) groups excluding carboxylic acids is 2. The third kappa shape index (κ3) is 6.94. The van der Waals surface area contributed by atoms with Gasteiger partial charge in [-0.1, -0.05) is 32.6 Å². The molecule has 1 rings (SSSR count). The molecule has 0 aromatic heterocycles. The number of esters is 2. The van der Waals surface area contributed by atoms with Crippen LogP contribution in [0.3, 0.4) is 0 Å². The first-order valence-electron chi connectivity index (χ1n) is 7.69. The zero-order chi connectivity index (χ0) is 16.2. The molecule has 4 nitrogen and oxygen atoms in total. The third-order valence-corrected chi connectivity index (χ3v) is 3.30. The highest BCUT2D eigenvalue weighted by molar-refractivity contribution is 6.18. The van der Waals surface area contributed by atoms with Crippen LogP contribution in [0.5, 0.6) is 0 Å². The van der Waals surface area contributed by atoms with Gasteiger partial charge in [-0.05, 0) is 30.7 Å². The van der Waals surface area contributed by atoms with Crippen molar-refractivity contribution in [2.24, 2.45) is 0 Å². The Labute approximate surface area is 136 Å². The summed E-state index contributed by atoms with van der Waals surface area (Å²) < 4.78 is 10.1. The Morgan fingerprint density at radius 2 is 1.36 bits per heavy atom. The normalized spacial score (nSPS) is 10.3. The van der Waals surface area contributed by atoms with Gasteiger partial charge in [0, 0.05) is 0 Å². The van der Waals surface area contributed by atoms with Crippen LogP contribution < -0.4 is 0 Å². The molecule has 0 aliphatic heterocycles. The van der Waals surface area contributed by atoms with Gasteiger partial charge < -0.3 is 9.47 Å². The summed E-state index contributed by atoms with van der Waals surface area (Å²) in [5, 5.41) is 0. The van der Waals surface area contributed by atoms with Crippen LogP contribution in [0.2, 0.25) is 0 Å². The summed E-state index contributed by atoms with van der Waals surface area (Å²) in [5.41, 5.74) is 0.823. The Hall–Kier alpha value is -1.55. The molecule has 5 heteroatoms. The molecule has 0 atom stereocenters. The number of hydrogen-bond acceptors (Lipinski definition) is 4. The van der Waals surface area contributed by atoms with E-state index in [2.05, 4.69) is 6.92 Å². The Bertz CT molecular complexity index is 456. The summed E-state index contributed by atoms with van der Waals surface area (Å²) in [6.45, 7) is 2.76. The molecule has 122 valence electrons. The number of hydrogen-bond donors (Lipinski definition) is 0. The van der Waals surface area contributed by atoms with Crippen molar-refractivity contribution >= 4 is 23.5 Å². The van der Waals surface area contributed by atoms with E-state index in [-0.39, 0.29) is 18.5 Å². The number of benzene rings is 1. The summed E-state index contributed by atoms with van der Waals surface area (Å²) >= 11 is 5.45. The average Bonchev–Trinajstić information content (AvgIpc) is 2.55. The molecule has 0 saturated carbocycles. The molecule has 0 amide bonds. The van der Waals surface area contributed by atoms with Gasteiger partial charge in [0.1, 0.15) is 6.61 Å². The van der Waals surface area contributed by atoms with Gasteiger partial charge in [-0.25, -0.2) is 9.59 Å². The summed E-state index contributed by atoms with van der Waals surface area (Å²) in [4.78, 5) is 23.4. The lowest BCUT2D eigenvalue weighted by molar-refractivity contribution is 0.0492. The van der Waals surface area contributed by atoms with Gasteiger partial charge in [-0.2, -0.15) is 0 Å². The van der Waals surface area contributed by atoms with Crippen molar-refractivity contribution < 1.29 is 19.1 Å². The van der Waals surface area contributed by atoms with Crippen molar-refractivity contribution in [1.29, 1.82) is 0 Å². The minimum Gasteiger partial charge on any atom is -0.462 e. The minimum atomic E-state index is -0.448. The van der Waals surface area contributed by atoms with Crippen LogP contribution >= 0.6 is 11.6 Å². The van der Waals surface area contributed by atoms with E-state index >= 15 is 0 Å². The smallest absolute Gasteiger partial charge is 0.338 e. The highest BCUT2D eigenvalue weighted by Crippen LogP contribution is 2.09. The Balaban J connectivity index is 2.35. The second kappa shape index (κ2) is 11.1. The number of unbranched alkanes of at least 4 members (excludes halogenated alkanes) is 4. The van der Waals surface area contributed by atoms with Crippen LogP contribution in [0.15, 0.2) is 24.3 Å². The molecule has 0 spiro atoms. The molecule has 1 aromatic rings. The number of rotatable bonds is 10. The molecular weight excluding hydrogens is 304 g/mol. The molecule has 0 radical (unpaired) electrons. The van der Waals surface area contributed by atoms with Gasteiger partial charge in [-0.3, -0.25) is 0 Å². The highest BCUT2D eigenvalue weighted by Gasteiger charge is 2.10. The largest absolute Gasteiger partial charge is 0.462 e. The van der Waals surface area contributed by atoms with Crippen LogP contribution in [-0.2, 0) is 9.47 Å².